The van der Waals surface area contributed by atoms with E-state index >= 15 is 0 Å². The van der Waals surface area contributed by atoms with E-state index in [1.807, 2.05) is 50.2 Å². The summed E-state index contributed by atoms with van der Waals surface area (Å²) in [5.74, 6) is 0.481. The molecular formula is C26H35ClN2O3. The first-order chi connectivity index (χ1) is 15.0. The number of hydrogen-bond acceptors (Lipinski definition) is 3. The van der Waals surface area contributed by atoms with Crippen molar-refractivity contribution < 1.29 is 14.3 Å². The average Bonchev–Trinajstić information content (AvgIpc) is 2.73. The summed E-state index contributed by atoms with van der Waals surface area (Å²) >= 11 is 6.11. The predicted octanol–water partition coefficient (Wildman–Crippen LogP) is 5.21. The van der Waals surface area contributed by atoms with E-state index in [0.717, 1.165) is 5.56 Å². The molecule has 0 aliphatic heterocycles. The molecule has 2 aromatic carbocycles. The van der Waals surface area contributed by atoms with E-state index in [1.165, 1.54) is 10.5 Å². The van der Waals surface area contributed by atoms with E-state index in [2.05, 4.69) is 26.1 Å². The van der Waals surface area contributed by atoms with Crippen LogP contribution in [0.25, 0.3) is 0 Å². The van der Waals surface area contributed by atoms with Crippen LogP contribution in [-0.4, -0.2) is 35.9 Å². The highest BCUT2D eigenvalue weighted by Gasteiger charge is 2.26. The molecule has 0 radical (unpaired) electrons. The lowest BCUT2D eigenvalue weighted by Gasteiger charge is -2.29. The summed E-state index contributed by atoms with van der Waals surface area (Å²) < 4.78 is 5.76. The molecule has 0 saturated carbocycles. The highest BCUT2D eigenvalue weighted by molar-refractivity contribution is 6.30. The first kappa shape index (κ1) is 25.7. The minimum absolute atomic E-state index is 0.0425. The lowest BCUT2D eigenvalue weighted by Crippen LogP contribution is -2.49. The van der Waals surface area contributed by atoms with Gasteiger partial charge in [0.2, 0.25) is 5.91 Å². The molecule has 0 bridgehead atoms. The zero-order chi connectivity index (χ0) is 23.9. The summed E-state index contributed by atoms with van der Waals surface area (Å²) in [6, 6.07) is 14.4. The molecule has 6 heteroatoms. The molecule has 174 valence electrons. The third kappa shape index (κ3) is 7.86. The summed E-state index contributed by atoms with van der Waals surface area (Å²) in [7, 11) is 0. The minimum atomic E-state index is -0.646. The monoisotopic (exact) mass is 458 g/mol. The topological polar surface area (TPSA) is 58.6 Å². The molecule has 2 aromatic rings. The number of hydrogen-bond donors (Lipinski definition) is 1. The first-order valence-electron chi connectivity index (χ1n) is 11.0. The Labute approximate surface area is 197 Å². The van der Waals surface area contributed by atoms with Crippen molar-refractivity contribution in [2.75, 3.05) is 13.2 Å². The number of carbonyl (C=O) groups excluding carboxylic acids is 2. The maximum atomic E-state index is 13.1. The summed E-state index contributed by atoms with van der Waals surface area (Å²) in [4.78, 5) is 27.3. The number of rotatable bonds is 9. The van der Waals surface area contributed by atoms with E-state index in [4.69, 9.17) is 16.3 Å². The van der Waals surface area contributed by atoms with Crippen molar-refractivity contribution in [3.63, 3.8) is 0 Å². The molecule has 1 N–H and O–H groups in total. The molecule has 2 rings (SSSR count). The largest absolute Gasteiger partial charge is 0.484 e. The van der Waals surface area contributed by atoms with Crippen LogP contribution >= 0.6 is 11.6 Å². The van der Waals surface area contributed by atoms with Crippen LogP contribution in [0.3, 0.4) is 0 Å². The van der Waals surface area contributed by atoms with Gasteiger partial charge in [-0.05, 0) is 53.6 Å². The highest BCUT2D eigenvalue weighted by Crippen LogP contribution is 2.24. The van der Waals surface area contributed by atoms with Crippen molar-refractivity contribution in [2.24, 2.45) is 5.92 Å². The van der Waals surface area contributed by atoms with Crippen LogP contribution in [0, 0.1) is 5.92 Å². The molecule has 0 aliphatic rings. The molecular weight excluding hydrogens is 424 g/mol. The molecule has 1 unspecified atom stereocenters. The summed E-state index contributed by atoms with van der Waals surface area (Å²) in [6.45, 7) is 12.9. The first-order valence-corrected chi connectivity index (χ1v) is 11.4. The molecule has 0 aromatic heterocycles. The van der Waals surface area contributed by atoms with Gasteiger partial charge in [-0.15, -0.1) is 0 Å². The molecule has 2 amide bonds. The van der Waals surface area contributed by atoms with E-state index in [1.54, 1.807) is 19.1 Å². The second-order valence-corrected chi connectivity index (χ2v) is 9.97. The van der Waals surface area contributed by atoms with Crippen molar-refractivity contribution in [1.82, 2.24) is 10.2 Å². The molecule has 0 saturated heterocycles. The Morgan fingerprint density at radius 3 is 2.28 bits per heavy atom. The van der Waals surface area contributed by atoms with Gasteiger partial charge in [-0.1, -0.05) is 70.5 Å². The molecule has 0 fully saturated rings. The van der Waals surface area contributed by atoms with Crippen LogP contribution in [0.15, 0.2) is 48.5 Å². The maximum absolute atomic E-state index is 13.1. The van der Waals surface area contributed by atoms with Crippen molar-refractivity contribution >= 4 is 23.4 Å². The summed E-state index contributed by atoms with van der Waals surface area (Å²) in [5, 5.41) is 3.49. The second-order valence-electron chi connectivity index (χ2n) is 9.53. The number of benzene rings is 2. The van der Waals surface area contributed by atoms with Crippen molar-refractivity contribution in [1.29, 1.82) is 0 Å². The summed E-state index contributed by atoms with van der Waals surface area (Å²) in [6.07, 6.45) is 0. The van der Waals surface area contributed by atoms with E-state index in [9.17, 15) is 9.59 Å². The standard InChI is InChI=1S/C26H35ClN2O3/c1-18(2)15-28-25(31)19(3)29(16-20-8-7-9-22(27)14-20)24(30)17-32-23-12-10-21(11-13-23)26(4,5)6/h7-14,18-19H,15-17H2,1-6H3,(H,28,31). The Hall–Kier alpha value is -2.53. The van der Waals surface area contributed by atoms with Gasteiger partial charge >= 0.3 is 0 Å². The second kappa shape index (κ2) is 11.4. The smallest absolute Gasteiger partial charge is 0.261 e. The van der Waals surface area contributed by atoms with Crippen LogP contribution in [0.4, 0.5) is 0 Å². The molecule has 1 atom stereocenters. The van der Waals surface area contributed by atoms with Crippen molar-refractivity contribution in [2.45, 2.75) is 59.5 Å². The number of ether oxygens (including phenoxy) is 1. The van der Waals surface area contributed by atoms with Gasteiger partial charge < -0.3 is 15.0 Å². The molecule has 0 heterocycles. The Morgan fingerprint density at radius 1 is 1.06 bits per heavy atom. The van der Waals surface area contributed by atoms with E-state index < -0.39 is 6.04 Å². The predicted molar refractivity (Wildman–Crippen MR) is 130 cm³/mol. The van der Waals surface area contributed by atoms with Gasteiger partial charge in [0.1, 0.15) is 11.8 Å². The van der Waals surface area contributed by atoms with Gasteiger partial charge in [-0.25, -0.2) is 0 Å². The van der Waals surface area contributed by atoms with Crippen LogP contribution in [0.5, 0.6) is 5.75 Å². The fourth-order valence-electron chi connectivity index (χ4n) is 3.15. The van der Waals surface area contributed by atoms with Gasteiger partial charge in [0.25, 0.3) is 5.91 Å². The van der Waals surface area contributed by atoms with Crippen LogP contribution in [0.2, 0.25) is 5.02 Å². The third-order valence-electron chi connectivity index (χ3n) is 5.18. The van der Waals surface area contributed by atoms with E-state index in [-0.39, 0.29) is 30.4 Å². The minimum Gasteiger partial charge on any atom is -0.484 e. The SMILES string of the molecule is CC(C)CNC(=O)C(C)N(Cc1cccc(Cl)c1)C(=O)COc1ccc(C(C)(C)C)cc1. The van der Waals surface area contributed by atoms with Crippen LogP contribution in [0.1, 0.15) is 52.7 Å². The van der Waals surface area contributed by atoms with Crippen molar-refractivity contribution in [3.05, 3.63) is 64.7 Å². The number of amides is 2. The molecule has 32 heavy (non-hydrogen) atoms. The fourth-order valence-corrected chi connectivity index (χ4v) is 3.36. The zero-order valence-electron chi connectivity index (χ0n) is 19.9. The Morgan fingerprint density at radius 2 is 1.72 bits per heavy atom. The molecule has 0 spiro atoms. The molecule has 5 nitrogen and oxygen atoms in total. The Balaban J connectivity index is 2.12. The number of carbonyl (C=O) groups is 2. The van der Waals surface area contributed by atoms with Gasteiger partial charge in [-0.2, -0.15) is 0 Å². The van der Waals surface area contributed by atoms with E-state index in [0.29, 0.717) is 23.2 Å². The zero-order valence-corrected chi connectivity index (χ0v) is 20.7. The number of nitrogens with zero attached hydrogens (tertiary/aromatic N) is 1. The lowest BCUT2D eigenvalue weighted by atomic mass is 9.87. The third-order valence-corrected chi connectivity index (χ3v) is 5.41. The average molecular weight is 459 g/mol. The molecule has 0 aliphatic carbocycles. The van der Waals surface area contributed by atoms with Gasteiger partial charge in [0.15, 0.2) is 6.61 Å². The normalized spacial score (nSPS) is 12.4. The van der Waals surface area contributed by atoms with Gasteiger partial charge in [-0.3, -0.25) is 9.59 Å². The number of halogens is 1. The quantitative estimate of drug-likeness (QED) is 0.561. The fraction of sp³-hybridized carbons (Fsp3) is 0.462. The van der Waals surface area contributed by atoms with Crippen molar-refractivity contribution in [3.8, 4) is 5.75 Å². The van der Waals surface area contributed by atoms with Gasteiger partial charge in [0.05, 0.1) is 0 Å². The lowest BCUT2D eigenvalue weighted by molar-refractivity contribution is -0.142. The van der Waals surface area contributed by atoms with Gasteiger partial charge in [0, 0.05) is 18.1 Å². The van der Waals surface area contributed by atoms with Crippen LogP contribution in [-0.2, 0) is 21.5 Å². The summed E-state index contributed by atoms with van der Waals surface area (Å²) in [5.41, 5.74) is 2.08. The maximum Gasteiger partial charge on any atom is 0.261 e. The Kier molecular flexibility index (Phi) is 9.14. The Bertz CT molecular complexity index is 904. The highest BCUT2D eigenvalue weighted by atomic mass is 35.5. The van der Waals surface area contributed by atoms with Crippen LogP contribution < -0.4 is 10.1 Å². The number of nitrogens with one attached hydrogen (secondary N) is 1.